The van der Waals surface area contributed by atoms with Crippen LogP contribution in [0.2, 0.25) is 0 Å². The Labute approximate surface area is 179 Å². The van der Waals surface area contributed by atoms with Crippen molar-refractivity contribution in [3.8, 4) is 0 Å². The van der Waals surface area contributed by atoms with Crippen LogP contribution in [0, 0.1) is 0 Å². The van der Waals surface area contributed by atoms with Gasteiger partial charge < -0.3 is 0 Å². The van der Waals surface area contributed by atoms with E-state index in [2.05, 4.69) is 43.1 Å². The molecule has 31 heavy (non-hydrogen) atoms. The van der Waals surface area contributed by atoms with Crippen molar-refractivity contribution in [2.45, 2.75) is 0 Å². The van der Waals surface area contributed by atoms with E-state index in [9.17, 15) is 0 Å². The third-order valence-corrected chi connectivity index (χ3v) is 4.67. The van der Waals surface area contributed by atoms with Crippen LogP contribution in [0.1, 0.15) is 11.1 Å². The van der Waals surface area contributed by atoms with Crippen molar-refractivity contribution in [3.05, 3.63) is 109 Å². The van der Waals surface area contributed by atoms with Crippen molar-refractivity contribution in [2.75, 3.05) is 0 Å². The highest BCUT2D eigenvalue weighted by atomic mass is 15.5. The molecule has 0 fully saturated rings. The molecule has 0 N–H and O–H groups in total. The van der Waals surface area contributed by atoms with E-state index in [0.29, 0.717) is 41.0 Å². The van der Waals surface area contributed by atoms with Gasteiger partial charge in [-0.3, -0.25) is 0 Å². The molecule has 0 saturated heterocycles. The van der Waals surface area contributed by atoms with Crippen LogP contribution >= 0.6 is 0 Å². The predicted octanol–water partition coefficient (Wildman–Crippen LogP) is 3.99. The van der Waals surface area contributed by atoms with Crippen LogP contribution in [0.15, 0.2) is 128 Å². The molecule has 0 radical (unpaired) electrons. The Morgan fingerprint density at radius 2 is 1.16 bits per heavy atom. The zero-order valence-electron chi connectivity index (χ0n) is 16.6. The maximum Gasteiger partial charge on any atom is 0.243 e. The highest BCUT2D eigenvalue weighted by Gasteiger charge is 2.35. The van der Waals surface area contributed by atoms with Crippen molar-refractivity contribution in [1.82, 2.24) is 4.90 Å². The molecule has 7 heteroatoms. The van der Waals surface area contributed by atoms with E-state index in [1.54, 1.807) is 23.1 Å². The second-order valence-corrected chi connectivity index (χ2v) is 6.67. The van der Waals surface area contributed by atoms with Gasteiger partial charge in [0.05, 0.1) is 0 Å². The van der Waals surface area contributed by atoms with Gasteiger partial charge in [-0.1, -0.05) is 92.0 Å². The van der Waals surface area contributed by atoms with Crippen molar-refractivity contribution in [3.63, 3.8) is 0 Å². The summed E-state index contributed by atoms with van der Waals surface area (Å²) in [6, 6.07) is 19.4. The van der Waals surface area contributed by atoms with Crippen molar-refractivity contribution < 1.29 is 0 Å². The summed E-state index contributed by atoms with van der Waals surface area (Å²) in [7, 11) is 0. The van der Waals surface area contributed by atoms with Gasteiger partial charge in [-0.05, 0) is 0 Å². The van der Waals surface area contributed by atoms with Crippen molar-refractivity contribution >= 4 is 35.4 Å². The van der Waals surface area contributed by atoms with Crippen LogP contribution in [-0.4, -0.2) is 40.3 Å². The van der Waals surface area contributed by atoms with Crippen LogP contribution in [0.3, 0.4) is 0 Å². The first-order chi connectivity index (χ1) is 15.3. The Kier molecular flexibility index (Phi) is 4.61. The summed E-state index contributed by atoms with van der Waals surface area (Å²) in [5.74, 6) is 2.73. The van der Waals surface area contributed by atoms with Gasteiger partial charge in [-0.15, -0.1) is 0 Å². The molecule has 5 rings (SSSR count). The van der Waals surface area contributed by atoms with Gasteiger partial charge in [0, 0.05) is 16.7 Å². The molecular formula is C24H17N7. The second-order valence-electron chi connectivity index (χ2n) is 6.67. The van der Waals surface area contributed by atoms with Crippen LogP contribution < -0.4 is 0 Å². The van der Waals surface area contributed by atoms with E-state index in [0.717, 1.165) is 11.1 Å². The second kappa shape index (κ2) is 7.72. The standard InChI is InChI=1S/C24H17N7/c1-3-11-16(4-2)19-25-22-27-20(17-12-7-5-8-13-17)29-24-30-21(18-14-9-6-10-15-18)28-23(26-19)31(22)24/h3-15H,1-2H2/b16-11+. The average Bonchev–Trinajstić information content (AvgIpc) is 2.83. The van der Waals surface area contributed by atoms with E-state index >= 15 is 0 Å². The van der Waals surface area contributed by atoms with Crippen molar-refractivity contribution in [2.24, 2.45) is 30.0 Å². The molecule has 0 aromatic heterocycles. The van der Waals surface area contributed by atoms with Crippen LogP contribution in [0.25, 0.3) is 0 Å². The monoisotopic (exact) mass is 403 g/mol. The summed E-state index contributed by atoms with van der Waals surface area (Å²) in [5.41, 5.74) is 2.45. The molecule has 2 aromatic carbocycles. The zero-order valence-corrected chi connectivity index (χ0v) is 16.6. The molecule has 0 amide bonds. The lowest BCUT2D eigenvalue weighted by molar-refractivity contribution is 0.828. The van der Waals surface area contributed by atoms with E-state index in [-0.39, 0.29) is 0 Å². The third-order valence-electron chi connectivity index (χ3n) is 4.67. The van der Waals surface area contributed by atoms with Gasteiger partial charge in [-0.25, -0.2) is 4.90 Å². The first kappa shape index (κ1) is 18.5. The molecule has 0 atom stereocenters. The molecule has 3 heterocycles. The van der Waals surface area contributed by atoms with Crippen LogP contribution in [-0.2, 0) is 0 Å². The van der Waals surface area contributed by atoms with Crippen LogP contribution in [0.4, 0.5) is 0 Å². The fourth-order valence-corrected chi connectivity index (χ4v) is 3.21. The molecule has 0 aliphatic carbocycles. The lowest BCUT2D eigenvalue weighted by Gasteiger charge is -2.30. The normalized spacial score (nSPS) is 17.3. The zero-order chi connectivity index (χ0) is 21.2. The number of guanidine groups is 3. The third kappa shape index (κ3) is 3.38. The number of hydrogen-bond acceptors (Lipinski definition) is 7. The SMILES string of the molecule is C=C/C=C(\C=C)C1=NC2=NC(c3ccccc3)=NC3=NC(c4ccccc4)=NC(=N1)N23. The molecule has 3 aliphatic rings. The highest BCUT2D eigenvalue weighted by Crippen LogP contribution is 2.22. The Balaban J connectivity index is 1.71. The van der Waals surface area contributed by atoms with Gasteiger partial charge in [0.2, 0.25) is 17.9 Å². The molecule has 3 aliphatic heterocycles. The number of rotatable bonds is 5. The fraction of sp³-hybridized carbons (Fsp3) is 0. The molecule has 2 aromatic rings. The number of hydrogen-bond donors (Lipinski definition) is 0. The summed E-state index contributed by atoms with van der Waals surface area (Å²) in [4.78, 5) is 29.6. The van der Waals surface area contributed by atoms with Crippen molar-refractivity contribution in [1.29, 1.82) is 0 Å². The lowest BCUT2D eigenvalue weighted by atomic mass is 10.2. The summed E-state index contributed by atoms with van der Waals surface area (Å²) in [6.45, 7) is 7.62. The lowest BCUT2D eigenvalue weighted by Crippen LogP contribution is -2.48. The first-order valence-corrected chi connectivity index (χ1v) is 9.65. The molecule has 148 valence electrons. The maximum absolute atomic E-state index is 4.68. The average molecular weight is 403 g/mol. The Morgan fingerprint density at radius 3 is 1.68 bits per heavy atom. The largest absolute Gasteiger partial charge is 0.243 e. The molecule has 0 bridgehead atoms. The molecule has 0 unspecified atom stereocenters. The molecule has 0 saturated carbocycles. The number of benzene rings is 2. The summed E-state index contributed by atoms with van der Waals surface area (Å²) in [6.07, 6.45) is 5.13. The predicted molar refractivity (Wildman–Crippen MR) is 126 cm³/mol. The molecule has 0 spiro atoms. The number of allylic oxidation sites excluding steroid dienone is 2. The minimum atomic E-state index is 0.403. The summed E-state index contributed by atoms with van der Waals surface area (Å²) >= 11 is 0. The van der Waals surface area contributed by atoms with E-state index in [4.69, 9.17) is 0 Å². The number of nitrogens with zero attached hydrogens (tertiary/aromatic N) is 7. The smallest absolute Gasteiger partial charge is 0.213 e. The minimum absolute atomic E-state index is 0.403. The van der Waals surface area contributed by atoms with E-state index < -0.39 is 0 Å². The Morgan fingerprint density at radius 1 is 0.645 bits per heavy atom. The Bertz CT molecular complexity index is 1250. The topological polar surface area (TPSA) is 77.4 Å². The summed E-state index contributed by atoms with van der Waals surface area (Å²) in [5, 5.41) is 0. The maximum atomic E-state index is 4.68. The van der Waals surface area contributed by atoms with Crippen LogP contribution in [0.5, 0.6) is 0 Å². The van der Waals surface area contributed by atoms with Gasteiger partial charge in [0.15, 0.2) is 17.5 Å². The van der Waals surface area contributed by atoms with E-state index in [1.807, 2.05) is 60.7 Å². The number of amidine groups is 3. The highest BCUT2D eigenvalue weighted by molar-refractivity contribution is 6.34. The van der Waals surface area contributed by atoms with Gasteiger partial charge >= 0.3 is 0 Å². The summed E-state index contributed by atoms with van der Waals surface area (Å²) < 4.78 is 0. The van der Waals surface area contributed by atoms with E-state index in [1.165, 1.54) is 0 Å². The van der Waals surface area contributed by atoms with Gasteiger partial charge in [-0.2, -0.15) is 30.0 Å². The fourth-order valence-electron chi connectivity index (χ4n) is 3.21. The van der Waals surface area contributed by atoms with Gasteiger partial charge in [0.25, 0.3) is 0 Å². The molecular weight excluding hydrogens is 386 g/mol. The molecule has 7 nitrogen and oxygen atoms in total. The first-order valence-electron chi connectivity index (χ1n) is 9.65. The Hall–Kier alpha value is -4.52. The minimum Gasteiger partial charge on any atom is -0.213 e. The quantitative estimate of drug-likeness (QED) is 0.696. The number of aliphatic imine (C=N–C) groups is 6. The van der Waals surface area contributed by atoms with Gasteiger partial charge in [0.1, 0.15) is 0 Å².